The Bertz CT molecular complexity index is 1060. The standard InChI is InChI=1S/C21H22FN3O2S/c1-15-14-16(22)4-13-21(15)28(26,27)24-19-7-5-17(6-8-19)23-18-9-11-20(12-10-18)25(2)3/h4-14,23-24H,1-3H3. The van der Waals surface area contributed by atoms with E-state index < -0.39 is 15.8 Å². The molecule has 3 aromatic rings. The number of hydrogen-bond acceptors (Lipinski definition) is 4. The van der Waals surface area contributed by atoms with Gasteiger partial charge in [-0.2, -0.15) is 0 Å². The number of hydrogen-bond donors (Lipinski definition) is 2. The van der Waals surface area contributed by atoms with Gasteiger partial charge in [-0.25, -0.2) is 12.8 Å². The Hall–Kier alpha value is -3.06. The van der Waals surface area contributed by atoms with E-state index in [-0.39, 0.29) is 4.90 Å². The third kappa shape index (κ3) is 4.61. The molecule has 28 heavy (non-hydrogen) atoms. The molecule has 3 aromatic carbocycles. The van der Waals surface area contributed by atoms with E-state index in [4.69, 9.17) is 0 Å². The Morgan fingerprint density at radius 2 is 1.36 bits per heavy atom. The van der Waals surface area contributed by atoms with Crippen LogP contribution in [0.1, 0.15) is 5.56 Å². The molecule has 0 aliphatic heterocycles. The van der Waals surface area contributed by atoms with Crippen molar-refractivity contribution in [2.45, 2.75) is 11.8 Å². The second kappa shape index (κ2) is 7.90. The molecule has 2 N–H and O–H groups in total. The molecule has 0 heterocycles. The van der Waals surface area contributed by atoms with Crippen LogP contribution in [0, 0.1) is 12.7 Å². The first-order valence-corrected chi connectivity index (χ1v) is 10.2. The minimum Gasteiger partial charge on any atom is -0.378 e. The van der Waals surface area contributed by atoms with Crippen LogP contribution in [0.25, 0.3) is 0 Å². The molecule has 0 aliphatic rings. The molecule has 0 unspecified atom stereocenters. The molecule has 0 amide bonds. The smallest absolute Gasteiger partial charge is 0.262 e. The van der Waals surface area contributed by atoms with Gasteiger partial charge >= 0.3 is 0 Å². The van der Waals surface area contributed by atoms with Crippen LogP contribution >= 0.6 is 0 Å². The fourth-order valence-electron chi connectivity index (χ4n) is 2.76. The average Bonchev–Trinajstić information content (AvgIpc) is 2.63. The fourth-order valence-corrected chi connectivity index (χ4v) is 4.04. The molecule has 0 radical (unpaired) electrons. The zero-order valence-corrected chi connectivity index (χ0v) is 16.7. The molecule has 0 saturated heterocycles. The minimum atomic E-state index is -3.79. The Kier molecular flexibility index (Phi) is 5.56. The van der Waals surface area contributed by atoms with E-state index in [0.717, 1.165) is 23.1 Å². The zero-order chi connectivity index (χ0) is 20.3. The summed E-state index contributed by atoms with van der Waals surface area (Å²) in [5, 5.41) is 3.27. The van der Waals surface area contributed by atoms with Crippen molar-refractivity contribution in [1.82, 2.24) is 0 Å². The van der Waals surface area contributed by atoms with E-state index in [1.165, 1.54) is 12.1 Å². The molecule has 0 aromatic heterocycles. The monoisotopic (exact) mass is 399 g/mol. The van der Waals surface area contributed by atoms with Crippen molar-refractivity contribution < 1.29 is 12.8 Å². The summed E-state index contributed by atoms with van der Waals surface area (Å²) in [6, 6.07) is 18.5. The van der Waals surface area contributed by atoms with Crippen LogP contribution in [0.5, 0.6) is 0 Å². The Morgan fingerprint density at radius 1 is 0.821 bits per heavy atom. The van der Waals surface area contributed by atoms with E-state index in [1.807, 2.05) is 43.3 Å². The maximum atomic E-state index is 13.2. The van der Waals surface area contributed by atoms with Crippen LogP contribution in [0.3, 0.4) is 0 Å². The molecule has 146 valence electrons. The lowest BCUT2D eigenvalue weighted by Crippen LogP contribution is -2.14. The lowest BCUT2D eigenvalue weighted by atomic mass is 10.2. The SMILES string of the molecule is Cc1cc(F)ccc1S(=O)(=O)Nc1ccc(Nc2ccc(N(C)C)cc2)cc1. The van der Waals surface area contributed by atoms with Gasteiger partial charge in [0.05, 0.1) is 4.90 Å². The Morgan fingerprint density at radius 3 is 1.89 bits per heavy atom. The van der Waals surface area contributed by atoms with Gasteiger partial charge in [-0.15, -0.1) is 0 Å². The van der Waals surface area contributed by atoms with Gasteiger partial charge in [-0.3, -0.25) is 4.72 Å². The number of benzene rings is 3. The van der Waals surface area contributed by atoms with E-state index in [2.05, 4.69) is 10.0 Å². The summed E-state index contributed by atoms with van der Waals surface area (Å²) in [6.45, 7) is 1.56. The normalized spacial score (nSPS) is 11.1. The summed E-state index contributed by atoms with van der Waals surface area (Å²) >= 11 is 0. The van der Waals surface area contributed by atoms with Gasteiger partial charge in [-0.1, -0.05) is 0 Å². The fraction of sp³-hybridized carbons (Fsp3) is 0.143. The average molecular weight is 399 g/mol. The van der Waals surface area contributed by atoms with E-state index in [9.17, 15) is 12.8 Å². The number of rotatable bonds is 6. The van der Waals surface area contributed by atoms with Gasteiger partial charge < -0.3 is 10.2 Å². The highest BCUT2D eigenvalue weighted by molar-refractivity contribution is 7.92. The third-order valence-electron chi connectivity index (χ3n) is 4.24. The van der Waals surface area contributed by atoms with Gasteiger partial charge in [0.1, 0.15) is 5.82 Å². The summed E-state index contributed by atoms with van der Waals surface area (Å²) in [5.74, 6) is -0.467. The second-order valence-corrected chi connectivity index (χ2v) is 8.31. The minimum absolute atomic E-state index is 0.0529. The van der Waals surface area contributed by atoms with Crippen molar-refractivity contribution in [2.75, 3.05) is 29.0 Å². The first kappa shape index (κ1) is 19.7. The molecule has 3 rings (SSSR count). The molecular weight excluding hydrogens is 377 g/mol. The van der Waals surface area contributed by atoms with Crippen LogP contribution in [-0.4, -0.2) is 22.5 Å². The van der Waals surface area contributed by atoms with Crippen LogP contribution in [0.2, 0.25) is 0 Å². The second-order valence-electron chi connectivity index (χ2n) is 6.66. The number of halogens is 1. The number of aryl methyl sites for hydroxylation is 1. The third-order valence-corrected chi connectivity index (χ3v) is 5.78. The van der Waals surface area contributed by atoms with Crippen molar-refractivity contribution in [2.24, 2.45) is 0 Å². The maximum Gasteiger partial charge on any atom is 0.262 e. The number of nitrogens with one attached hydrogen (secondary N) is 2. The quantitative estimate of drug-likeness (QED) is 0.628. The predicted molar refractivity (Wildman–Crippen MR) is 112 cm³/mol. The van der Waals surface area contributed by atoms with Gasteiger partial charge in [0, 0.05) is 36.8 Å². The van der Waals surface area contributed by atoms with Crippen molar-refractivity contribution in [3.63, 3.8) is 0 Å². The molecule has 7 heteroatoms. The lowest BCUT2D eigenvalue weighted by Gasteiger charge is -2.14. The highest BCUT2D eigenvalue weighted by atomic mass is 32.2. The molecular formula is C21H22FN3O2S. The topological polar surface area (TPSA) is 61.4 Å². The van der Waals surface area contributed by atoms with Crippen LogP contribution in [-0.2, 0) is 10.0 Å². The number of anilines is 4. The number of sulfonamides is 1. The molecule has 0 aliphatic carbocycles. The van der Waals surface area contributed by atoms with Crippen LogP contribution in [0.15, 0.2) is 71.6 Å². The largest absolute Gasteiger partial charge is 0.378 e. The Labute approximate surface area is 164 Å². The van der Waals surface area contributed by atoms with E-state index in [0.29, 0.717) is 11.3 Å². The van der Waals surface area contributed by atoms with Crippen molar-refractivity contribution in [3.8, 4) is 0 Å². The predicted octanol–water partition coefficient (Wildman–Crippen LogP) is 4.74. The lowest BCUT2D eigenvalue weighted by molar-refractivity contribution is 0.598. The first-order valence-electron chi connectivity index (χ1n) is 8.68. The zero-order valence-electron chi connectivity index (χ0n) is 15.9. The Balaban J connectivity index is 1.71. The summed E-state index contributed by atoms with van der Waals surface area (Å²) in [5.41, 5.74) is 3.65. The summed E-state index contributed by atoms with van der Waals surface area (Å²) in [7, 11) is 0.176. The molecule has 5 nitrogen and oxygen atoms in total. The van der Waals surface area contributed by atoms with Gasteiger partial charge in [0.25, 0.3) is 10.0 Å². The van der Waals surface area contributed by atoms with Crippen LogP contribution in [0.4, 0.5) is 27.1 Å². The summed E-state index contributed by atoms with van der Waals surface area (Å²) in [4.78, 5) is 2.07. The first-order chi connectivity index (χ1) is 13.2. The van der Waals surface area contributed by atoms with Gasteiger partial charge in [0.15, 0.2) is 0 Å². The summed E-state index contributed by atoms with van der Waals surface area (Å²) < 4.78 is 40.8. The maximum absolute atomic E-state index is 13.2. The van der Waals surface area contributed by atoms with E-state index in [1.54, 1.807) is 31.2 Å². The molecule has 0 spiro atoms. The summed E-state index contributed by atoms with van der Waals surface area (Å²) in [6.07, 6.45) is 0. The van der Waals surface area contributed by atoms with Crippen molar-refractivity contribution >= 4 is 32.8 Å². The van der Waals surface area contributed by atoms with Crippen molar-refractivity contribution in [1.29, 1.82) is 0 Å². The number of nitrogens with zero attached hydrogens (tertiary/aromatic N) is 1. The highest BCUT2D eigenvalue weighted by Crippen LogP contribution is 2.24. The van der Waals surface area contributed by atoms with Crippen LogP contribution < -0.4 is 14.9 Å². The van der Waals surface area contributed by atoms with Crippen molar-refractivity contribution in [3.05, 3.63) is 78.1 Å². The molecule has 0 atom stereocenters. The molecule has 0 fully saturated rings. The molecule has 0 bridgehead atoms. The highest BCUT2D eigenvalue weighted by Gasteiger charge is 2.17. The molecule has 0 saturated carbocycles. The van der Waals surface area contributed by atoms with Gasteiger partial charge in [-0.05, 0) is 79.2 Å². The van der Waals surface area contributed by atoms with Gasteiger partial charge in [0.2, 0.25) is 0 Å². The van der Waals surface area contributed by atoms with E-state index >= 15 is 0 Å².